The van der Waals surface area contributed by atoms with E-state index in [1.54, 1.807) is 36.4 Å². The molecule has 3 N–H and O–H groups in total. The highest BCUT2D eigenvalue weighted by atomic mass is 16.3. The third kappa shape index (κ3) is 2.77. The molecule has 0 saturated carbocycles. The lowest BCUT2D eigenvalue weighted by atomic mass is 10.1. The Morgan fingerprint density at radius 2 is 1.72 bits per heavy atom. The molecule has 3 nitrogen and oxygen atoms in total. The van der Waals surface area contributed by atoms with Gasteiger partial charge < -0.3 is 10.8 Å². The highest BCUT2D eigenvalue weighted by Crippen LogP contribution is 2.17. The molecule has 2 aromatic carbocycles. The number of benzene rings is 2. The molecule has 0 unspecified atom stereocenters. The number of phenols is 1. The fraction of sp³-hybridized carbons (Fsp3) is 0. The number of nitrogens with two attached hydrogens (primary N) is 1. The van der Waals surface area contributed by atoms with E-state index in [0.29, 0.717) is 11.3 Å². The number of hydrogen-bond donors (Lipinski definition) is 2. The normalized spacial score (nSPS) is 10.7. The second-order valence-electron chi connectivity index (χ2n) is 3.88. The van der Waals surface area contributed by atoms with Crippen molar-refractivity contribution < 1.29 is 9.90 Å². The minimum Gasteiger partial charge on any atom is -0.507 e. The van der Waals surface area contributed by atoms with Crippen molar-refractivity contribution in [2.45, 2.75) is 0 Å². The molecule has 0 aliphatic carbocycles. The third-order valence-electron chi connectivity index (χ3n) is 2.53. The van der Waals surface area contributed by atoms with E-state index in [0.717, 1.165) is 5.56 Å². The van der Waals surface area contributed by atoms with Gasteiger partial charge in [-0.15, -0.1) is 0 Å². The standard InChI is InChI=1S/C15H13NO2/c16-12-8-5-11(6-9-12)7-10-15(18)13-3-1-2-4-14(13)17/h1-10,17H,16H2. The van der Waals surface area contributed by atoms with Crippen molar-refractivity contribution in [1.29, 1.82) is 0 Å². The molecule has 0 heterocycles. The smallest absolute Gasteiger partial charge is 0.189 e. The van der Waals surface area contributed by atoms with Crippen LogP contribution in [0.3, 0.4) is 0 Å². The molecule has 3 heteroatoms. The summed E-state index contributed by atoms with van der Waals surface area (Å²) in [4.78, 5) is 11.8. The van der Waals surface area contributed by atoms with Gasteiger partial charge in [-0.05, 0) is 35.9 Å². The average molecular weight is 239 g/mol. The van der Waals surface area contributed by atoms with Gasteiger partial charge in [0.2, 0.25) is 0 Å². The van der Waals surface area contributed by atoms with Gasteiger partial charge in [0.05, 0.1) is 5.56 Å². The van der Waals surface area contributed by atoms with Gasteiger partial charge in [-0.3, -0.25) is 4.79 Å². The zero-order valence-electron chi connectivity index (χ0n) is 9.71. The van der Waals surface area contributed by atoms with Crippen molar-refractivity contribution in [1.82, 2.24) is 0 Å². The summed E-state index contributed by atoms with van der Waals surface area (Å²) in [7, 11) is 0. The number of carbonyl (C=O) groups excluding carboxylic acids is 1. The van der Waals surface area contributed by atoms with Crippen LogP contribution in [0.25, 0.3) is 6.08 Å². The van der Waals surface area contributed by atoms with Crippen LogP contribution in [-0.2, 0) is 0 Å². The summed E-state index contributed by atoms with van der Waals surface area (Å²) in [6.07, 6.45) is 3.12. The molecule has 0 bridgehead atoms. The number of allylic oxidation sites excluding steroid dienone is 1. The van der Waals surface area contributed by atoms with E-state index in [2.05, 4.69) is 0 Å². The molecular formula is C15H13NO2. The summed E-state index contributed by atoms with van der Waals surface area (Å²) in [5.74, 6) is -0.241. The van der Waals surface area contributed by atoms with Crippen LogP contribution in [0.5, 0.6) is 5.75 Å². The third-order valence-corrected chi connectivity index (χ3v) is 2.53. The van der Waals surface area contributed by atoms with Gasteiger partial charge in [0.1, 0.15) is 5.75 Å². The summed E-state index contributed by atoms with van der Waals surface area (Å²) < 4.78 is 0. The first-order valence-electron chi connectivity index (χ1n) is 5.53. The molecule has 2 rings (SSSR count). The minimum atomic E-state index is -0.232. The molecule has 0 radical (unpaired) electrons. The maximum absolute atomic E-state index is 11.8. The van der Waals surface area contributed by atoms with Crippen LogP contribution in [0.1, 0.15) is 15.9 Å². The molecule has 0 amide bonds. The number of carbonyl (C=O) groups is 1. The van der Waals surface area contributed by atoms with Crippen LogP contribution >= 0.6 is 0 Å². The van der Waals surface area contributed by atoms with Crippen molar-refractivity contribution in [3.8, 4) is 5.75 Å². The van der Waals surface area contributed by atoms with Crippen molar-refractivity contribution in [3.63, 3.8) is 0 Å². The van der Waals surface area contributed by atoms with Crippen molar-refractivity contribution >= 4 is 17.5 Å². The number of nitrogen functional groups attached to an aromatic ring is 1. The number of phenolic OH excluding ortho intramolecular Hbond substituents is 1. The fourth-order valence-electron chi connectivity index (χ4n) is 1.55. The Morgan fingerprint density at radius 3 is 2.39 bits per heavy atom. The topological polar surface area (TPSA) is 63.3 Å². The average Bonchev–Trinajstić information content (AvgIpc) is 2.38. The summed E-state index contributed by atoms with van der Waals surface area (Å²) in [5, 5.41) is 9.54. The molecule has 0 saturated heterocycles. The zero-order chi connectivity index (χ0) is 13.0. The van der Waals surface area contributed by atoms with E-state index in [1.165, 1.54) is 12.1 Å². The molecule has 0 spiro atoms. The first-order valence-corrected chi connectivity index (χ1v) is 5.53. The van der Waals surface area contributed by atoms with Crippen LogP contribution in [0.15, 0.2) is 54.6 Å². The Labute approximate surface area is 105 Å². The predicted octanol–water partition coefficient (Wildman–Crippen LogP) is 2.87. The maximum Gasteiger partial charge on any atom is 0.189 e. The first kappa shape index (κ1) is 11.9. The quantitative estimate of drug-likeness (QED) is 0.492. The van der Waals surface area contributed by atoms with Crippen LogP contribution in [0.2, 0.25) is 0 Å². The molecule has 0 aliphatic heterocycles. The highest BCUT2D eigenvalue weighted by Gasteiger charge is 2.06. The van der Waals surface area contributed by atoms with Crippen LogP contribution in [0, 0.1) is 0 Å². The van der Waals surface area contributed by atoms with Gasteiger partial charge in [-0.2, -0.15) is 0 Å². The summed E-state index contributed by atoms with van der Waals surface area (Å²) in [5.41, 5.74) is 7.43. The van der Waals surface area contributed by atoms with Gasteiger partial charge in [0.15, 0.2) is 5.78 Å². The van der Waals surface area contributed by atoms with Crippen LogP contribution in [-0.4, -0.2) is 10.9 Å². The van der Waals surface area contributed by atoms with E-state index in [-0.39, 0.29) is 11.5 Å². The molecular weight excluding hydrogens is 226 g/mol. The zero-order valence-corrected chi connectivity index (χ0v) is 9.71. The lowest BCUT2D eigenvalue weighted by Crippen LogP contribution is -1.94. The van der Waals surface area contributed by atoms with Crippen LogP contribution in [0.4, 0.5) is 5.69 Å². The second kappa shape index (κ2) is 5.19. The second-order valence-corrected chi connectivity index (χ2v) is 3.88. The van der Waals surface area contributed by atoms with E-state index in [4.69, 9.17) is 5.73 Å². The predicted molar refractivity (Wildman–Crippen MR) is 72.3 cm³/mol. The number of ketones is 1. The summed E-state index contributed by atoms with van der Waals surface area (Å²) in [6, 6.07) is 13.7. The molecule has 0 aliphatic rings. The highest BCUT2D eigenvalue weighted by molar-refractivity contribution is 6.08. The van der Waals surface area contributed by atoms with E-state index < -0.39 is 0 Å². The maximum atomic E-state index is 11.8. The SMILES string of the molecule is Nc1ccc(C=CC(=O)c2ccccc2O)cc1. The number of para-hydroxylation sites is 1. The van der Waals surface area contributed by atoms with Gasteiger partial charge in [0, 0.05) is 5.69 Å². The number of aromatic hydroxyl groups is 1. The Kier molecular flexibility index (Phi) is 3.44. The largest absolute Gasteiger partial charge is 0.507 e. The molecule has 2 aromatic rings. The minimum absolute atomic E-state index is 0.00976. The van der Waals surface area contributed by atoms with E-state index in [9.17, 15) is 9.90 Å². The van der Waals surface area contributed by atoms with Crippen LogP contribution < -0.4 is 5.73 Å². The van der Waals surface area contributed by atoms with Crippen molar-refractivity contribution in [3.05, 3.63) is 65.7 Å². The lowest BCUT2D eigenvalue weighted by molar-refractivity contribution is 0.104. The number of hydrogen-bond acceptors (Lipinski definition) is 3. The lowest BCUT2D eigenvalue weighted by Gasteiger charge is -1.99. The first-order chi connectivity index (χ1) is 8.66. The van der Waals surface area contributed by atoms with Gasteiger partial charge >= 0.3 is 0 Å². The molecule has 18 heavy (non-hydrogen) atoms. The Balaban J connectivity index is 2.17. The van der Waals surface area contributed by atoms with Gasteiger partial charge in [-0.1, -0.05) is 30.3 Å². The number of rotatable bonds is 3. The molecule has 90 valence electrons. The Morgan fingerprint density at radius 1 is 1.06 bits per heavy atom. The molecule has 0 aromatic heterocycles. The van der Waals surface area contributed by atoms with E-state index in [1.807, 2.05) is 12.1 Å². The Hall–Kier alpha value is -2.55. The monoisotopic (exact) mass is 239 g/mol. The summed E-state index contributed by atoms with van der Waals surface area (Å²) in [6.45, 7) is 0. The van der Waals surface area contributed by atoms with Crippen molar-refractivity contribution in [2.24, 2.45) is 0 Å². The van der Waals surface area contributed by atoms with Gasteiger partial charge in [-0.25, -0.2) is 0 Å². The van der Waals surface area contributed by atoms with Crippen molar-refractivity contribution in [2.75, 3.05) is 5.73 Å². The Bertz CT molecular complexity index is 586. The molecule has 0 fully saturated rings. The summed E-state index contributed by atoms with van der Waals surface area (Å²) >= 11 is 0. The molecule has 0 atom stereocenters. The fourth-order valence-corrected chi connectivity index (χ4v) is 1.55. The van der Waals surface area contributed by atoms with E-state index >= 15 is 0 Å². The van der Waals surface area contributed by atoms with Gasteiger partial charge in [0.25, 0.3) is 0 Å². The number of anilines is 1.